The Hall–Kier alpha value is 0.0600. The zero-order valence-electron chi connectivity index (χ0n) is 10.2. The number of likely N-dealkylation sites (tertiary alicyclic amines) is 1. The number of thioether (sulfide) groups is 1. The van der Waals surface area contributed by atoms with Gasteiger partial charge in [-0.3, -0.25) is 0 Å². The minimum Gasteiger partial charge on any atom is -0.329 e. The van der Waals surface area contributed by atoms with Crippen LogP contribution >= 0.6 is 11.8 Å². The van der Waals surface area contributed by atoms with Crippen LogP contribution in [-0.4, -0.2) is 48.3 Å². The highest BCUT2D eigenvalue weighted by Gasteiger charge is 2.33. The lowest BCUT2D eigenvalue weighted by Gasteiger charge is -2.40. The van der Waals surface area contributed by atoms with Crippen LogP contribution in [0.3, 0.4) is 0 Å². The van der Waals surface area contributed by atoms with Gasteiger partial charge in [-0.1, -0.05) is 0 Å². The fraction of sp³-hybridized carbons (Fsp3) is 1.00. The third-order valence-electron chi connectivity index (χ3n) is 3.51. The second kappa shape index (κ2) is 6.29. The second-order valence-corrected chi connectivity index (χ2v) is 5.93. The Kier molecular flexibility index (Phi) is 5.60. The van der Waals surface area contributed by atoms with Crippen molar-refractivity contribution in [3.05, 3.63) is 0 Å². The van der Waals surface area contributed by atoms with Crippen molar-refractivity contribution in [1.29, 1.82) is 0 Å². The predicted molar refractivity (Wildman–Crippen MR) is 66.3 cm³/mol. The molecule has 0 aromatic carbocycles. The number of nitrogens with two attached hydrogens (primary N) is 1. The number of hydrogen-bond acceptors (Lipinski definition) is 3. The molecule has 0 radical (unpaired) electrons. The normalized spacial score (nSPS) is 21.7. The Labute approximate surface area is 105 Å². The Morgan fingerprint density at radius 3 is 2.29 bits per heavy atom. The van der Waals surface area contributed by atoms with Gasteiger partial charge in [0.1, 0.15) is 0 Å². The summed E-state index contributed by atoms with van der Waals surface area (Å²) in [5.41, 5.74) is 5.76. The SMILES string of the molecule is CSC1(CN)CCN(CCCC(F)(F)F)CC1. The summed E-state index contributed by atoms with van der Waals surface area (Å²) in [4.78, 5) is 2.12. The molecule has 0 spiro atoms. The van der Waals surface area contributed by atoms with Gasteiger partial charge in [-0.2, -0.15) is 24.9 Å². The average molecular weight is 270 g/mol. The number of alkyl halides is 3. The topological polar surface area (TPSA) is 29.3 Å². The quantitative estimate of drug-likeness (QED) is 0.832. The zero-order valence-corrected chi connectivity index (χ0v) is 11.0. The molecule has 1 saturated heterocycles. The highest BCUT2D eigenvalue weighted by molar-refractivity contribution is 8.00. The van der Waals surface area contributed by atoms with Gasteiger partial charge in [0.05, 0.1) is 0 Å². The summed E-state index contributed by atoms with van der Waals surface area (Å²) in [6.07, 6.45) is -0.456. The van der Waals surface area contributed by atoms with Crippen LogP contribution in [0.5, 0.6) is 0 Å². The fourth-order valence-electron chi connectivity index (χ4n) is 2.18. The second-order valence-electron chi connectivity index (χ2n) is 4.65. The number of piperidine rings is 1. The van der Waals surface area contributed by atoms with Crippen molar-refractivity contribution in [2.45, 2.75) is 36.6 Å². The molecule has 1 rings (SSSR count). The Bertz CT molecular complexity index is 219. The molecule has 2 nitrogen and oxygen atoms in total. The van der Waals surface area contributed by atoms with Crippen molar-refractivity contribution in [3.63, 3.8) is 0 Å². The summed E-state index contributed by atoms with van der Waals surface area (Å²) < 4.78 is 36.2. The van der Waals surface area contributed by atoms with Crippen LogP contribution in [0, 0.1) is 0 Å². The predicted octanol–water partition coefficient (Wildman–Crippen LogP) is 2.49. The molecule has 0 atom stereocenters. The van der Waals surface area contributed by atoms with Gasteiger partial charge in [0.25, 0.3) is 0 Å². The zero-order chi connectivity index (χ0) is 12.9. The molecule has 1 aliphatic rings. The maximum atomic E-state index is 12.0. The van der Waals surface area contributed by atoms with E-state index in [1.807, 2.05) is 0 Å². The van der Waals surface area contributed by atoms with Crippen LogP contribution in [0.2, 0.25) is 0 Å². The van der Waals surface area contributed by atoms with Crippen molar-refractivity contribution >= 4 is 11.8 Å². The first kappa shape index (κ1) is 15.1. The van der Waals surface area contributed by atoms with Crippen LogP contribution < -0.4 is 5.73 Å². The fourth-order valence-corrected chi connectivity index (χ4v) is 2.94. The van der Waals surface area contributed by atoms with Gasteiger partial charge in [0.2, 0.25) is 0 Å². The van der Waals surface area contributed by atoms with Gasteiger partial charge < -0.3 is 10.6 Å². The van der Waals surface area contributed by atoms with E-state index >= 15 is 0 Å². The first-order chi connectivity index (χ1) is 7.91. The summed E-state index contributed by atoms with van der Waals surface area (Å²) in [5, 5.41) is 0. The molecular weight excluding hydrogens is 249 g/mol. The molecule has 6 heteroatoms. The summed E-state index contributed by atoms with van der Waals surface area (Å²) >= 11 is 1.79. The van der Waals surface area contributed by atoms with Crippen LogP contribution in [0.1, 0.15) is 25.7 Å². The lowest BCUT2D eigenvalue weighted by Crippen LogP contribution is -2.46. The maximum absolute atomic E-state index is 12.0. The minimum absolute atomic E-state index is 0.153. The van der Waals surface area contributed by atoms with E-state index in [4.69, 9.17) is 5.73 Å². The molecule has 1 fully saturated rings. The van der Waals surface area contributed by atoms with Crippen molar-refractivity contribution in [1.82, 2.24) is 4.90 Å². The molecule has 0 bridgehead atoms. The molecule has 1 aliphatic heterocycles. The summed E-state index contributed by atoms with van der Waals surface area (Å²) in [7, 11) is 0. The summed E-state index contributed by atoms with van der Waals surface area (Å²) in [6.45, 7) is 2.95. The number of hydrogen-bond donors (Lipinski definition) is 1. The highest BCUT2D eigenvalue weighted by atomic mass is 32.2. The van der Waals surface area contributed by atoms with E-state index in [0.717, 1.165) is 25.9 Å². The van der Waals surface area contributed by atoms with Crippen molar-refractivity contribution in [2.75, 3.05) is 32.4 Å². The van der Waals surface area contributed by atoms with Gasteiger partial charge in [0.15, 0.2) is 0 Å². The molecule has 0 unspecified atom stereocenters. The Morgan fingerprint density at radius 2 is 1.88 bits per heavy atom. The Balaban J connectivity index is 2.23. The van der Waals surface area contributed by atoms with Gasteiger partial charge in [-0.25, -0.2) is 0 Å². The third kappa shape index (κ3) is 5.06. The number of rotatable bonds is 5. The summed E-state index contributed by atoms with van der Waals surface area (Å²) in [5.74, 6) is 0. The van der Waals surface area contributed by atoms with E-state index < -0.39 is 12.6 Å². The van der Waals surface area contributed by atoms with Crippen LogP contribution in [0.15, 0.2) is 0 Å². The Morgan fingerprint density at radius 1 is 1.29 bits per heavy atom. The van der Waals surface area contributed by atoms with Crippen molar-refractivity contribution in [2.24, 2.45) is 5.73 Å². The number of halogens is 3. The van der Waals surface area contributed by atoms with Crippen molar-refractivity contribution < 1.29 is 13.2 Å². The standard InChI is InChI=1S/C11H21F3N2S/c1-17-10(9-15)4-7-16(8-5-10)6-2-3-11(12,13)14/h2-9,15H2,1H3. The molecule has 0 aliphatic carbocycles. The van der Waals surface area contributed by atoms with Gasteiger partial charge in [0, 0.05) is 17.7 Å². The van der Waals surface area contributed by atoms with Crippen LogP contribution in [-0.2, 0) is 0 Å². The van der Waals surface area contributed by atoms with E-state index in [0.29, 0.717) is 13.1 Å². The van der Waals surface area contributed by atoms with E-state index in [-0.39, 0.29) is 11.2 Å². The molecule has 0 aromatic rings. The molecule has 102 valence electrons. The lowest BCUT2D eigenvalue weighted by atomic mass is 9.95. The van der Waals surface area contributed by atoms with E-state index in [2.05, 4.69) is 11.2 Å². The summed E-state index contributed by atoms with van der Waals surface area (Å²) in [6, 6.07) is 0. The van der Waals surface area contributed by atoms with E-state index in [1.54, 1.807) is 11.8 Å². The molecule has 0 saturated carbocycles. The number of nitrogens with zero attached hydrogens (tertiary/aromatic N) is 1. The molecule has 1 heterocycles. The first-order valence-corrected chi connectivity index (χ1v) is 7.18. The van der Waals surface area contributed by atoms with Gasteiger partial charge in [-0.15, -0.1) is 0 Å². The smallest absolute Gasteiger partial charge is 0.329 e. The minimum atomic E-state index is -4.02. The first-order valence-electron chi connectivity index (χ1n) is 5.95. The van der Waals surface area contributed by atoms with E-state index in [1.165, 1.54) is 0 Å². The lowest BCUT2D eigenvalue weighted by molar-refractivity contribution is -0.136. The third-order valence-corrected chi connectivity index (χ3v) is 4.95. The molecule has 2 N–H and O–H groups in total. The largest absolute Gasteiger partial charge is 0.389 e. The molecule has 0 amide bonds. The monoisotopic (exact) mass is 270 g/mol. The average Bonchev–Trinajstić information content (AvgIpc) is 2.29. The van der Waals surface area contributed by atoms with Gasteiger partial charge in [-0.05, 0) is 45.2 Å². The maximum Gasteiger partial charge on any atom is 0.389 e. The molecule has 17 heavy (non-hydrogen) atoms. The van der Waals surface area contributed by atoms with Crippen LogP contribution in [0.25, 0.3) is 0 Å². The molecule has 0 aromatic heterocycles. The van der Waals surface area contributed by atoms with Crippen molar-refractivity contribution in [3.8, 4) is 0 Å². The molecular formula is C11H21F3N2S. The van der Waals surface area contributed by atoms with Gasteiger partial charge >= 0.3 is 6.18 Å². The highest BCUT2D eigenvalue weighted by Crippen LogP contribution is 2.33. The van der Waals surface area contributed by atoms with Crippen LogP contribution in [0.4, 0.5) is 13.2 Å². The van der Waals surface area contributed by atoms with E-state index in [9.17, 15) is 13.2 Å².